The number of thioether (sulfide) groups is 1. The van der Waals surface area contributed by atoms with E-state index in [2.05, 4.69) is 28.4 Å². The topological polar surface area (TPSA) is 58.4 Å². The average Bonchev–Trinajstić information content (AvgIpc) is 3.04. The lowest BCUT2D eigenvalue weighted by Crippen LogP contribution is -2.40. The number of benzene rings is 1. The first kappa shape index (κ1) is 20.3. The van der Waals surface area contributed by atoms with Crippen molar-refractivity contribution in [2.24, 2.45) is 5.73 Å². The number of rotatable bonds is 8. The number of nitrogens with two attached hydrogens (primary N) is 1. The largest absolute Gasteiger partial charge is 0.351 e. The van der Waals surface area contributed by atoms with Crippen LogP contribution in [0.25, 0.3) is 0 Å². The number of amides is 1. The predicted molar refractivity (Wildman–Crippen MR) is 101 cm³/mol. The van der Waals surface area contributed by atoms with Crippen LogP contribution in [0.3, 0.4) is 0 Å². The van der Waals surface area contributed by atoms with Crippen LogP contribution in [0, 0.1) is 0 Å². The maximum Gasteiger partial charge on any atom is 0.237 e. The lowest BCUT2D eigenvalue weighted by Gasteiger charge is -2.18. The molecule has 1 aromatic carbocycles. The summed E-state index contributed by atoms with van der Waals surface area (Å²) in [6.07, 6.45) is 5.34. The molecule has 1 saturated heterocycles. The molecule has 0 bridgehead atoms. The van der Waals surface area contributed by atoms with Gasteiger partial charge in [-0.3, -0.25) is 9.69 Å². The summed E-state index contributed by atoms with van der Waals surface area (Å²) < 4.78 is 0. The molecule has 2 rings (SSSR count). The van der Waals surface area contributed by atoms with Gasteiger partial charge >= 0.3 is 0 Å². The Kier molecular flexibility index (Phi) is 9.63. The summed E-state index contributed by atoms with van der Waals surface area (Å²) in [5.41, 5.74) is 8.41. The molecule has 1 atom stereocenters. The summed E-state index contributed by atoms with van der Waals surface area (Å²) >= 11 is 1.72. The van der Waals surface area contributed by atoms with Crippen LogP contribution in [0.1, 0.15) is 30.4 Å². The fraction of sp³-hybridized carbons (Fsp3) is 0.588. The zero-order valence-corrected chi connectivity index (χ0v) is 15.4. The van der Waals surface area contributed by atoms with Crippen molar-refractivity contribution in [3.63, 3.8) is 0 Å². The molecule has 0 saturated carbocycles. The number of hydrogen-bond acceptors (Lipinski definition) is 4. The van der Waals surface area contributed by atoms with Crippen LogP contribution in [0.4, 0.5) is 0 Å². The minimum atomic E-state index is -0.404. The Morgan fingerprint density at radius 1 is 1.30 bits per heavy atom. The van der Waals surface area contributed by atoms with Gasteiger partial charge in [0.2, 0.25) is 5.91 Å². The van der Waals surface area contributed by atoms with Crippen molar-refractivity contribution in [1.82, 2.24) is 10.2 Å². The van der Waals surface area contributed by atoms with Crippen molar-refractivity contribution >= 4 is 30.1 Å². The Morgan fingerprint density at radius 2 is 1.96 bits per heavy atom. The molecule has 6 heteroatoms. The summed E-state index contributed by atoms with van der Waals surface area (Å²) in [7, 11) is 0. The van der Waals surface area contributed by atoms with Crippen molar-refractivity contribution in [3.05, 3.63) is 35.4 Å². The molecule has 3 N–H and O–H groups in total. The van der Waals surface area contributed by atoms with E-state index in [1.807, 2.05) is 12.3 Å². The molecule has 1 amide bonds. The van der Waals surface area contributed by atoms with E-state index in [9.17, 15) is 4.79 Å². The second kappa shape index (κ2) is 10.9. The molecule has 1 aliphatic heterocycles. The first-order valence-corrected chi connectivity index (χ1v) is 9.41. The van der Waals surface area contributed by atoms with Crippen LogP contribution in [0.15, 0.2) is 24.3 Å². The Morgan fingerprint density at radius 3 is 2.61 bits per heavy atom. The predicted octanol–water partition coefficient (Wildman–Crippen LogP) is 2.40. The molecule has 0 aliphatic carbocycles. The van der Waals surface area contributed by atoms with Gasteiger partial charge in [0, 0.05) is 13.1 Å². The highest BCUT2D eigenvalue weighted by molar-refractivity contribution is 7.98. The van der Waals surface area contributed by atoms with Gasteiger partial charge in [-0.15, -0.1) is 12.4 Å². The van der Waals surface area contributed by atoms with Gasteiger partial charge in [-0.25, -0.2) is 0 Å². The van der Waals surface area contributed by atoms with Gasteiger partial charge < -0.3 is 11.1 Å². The maximum atomic E-state index is 12.0. The third kappa shape index (κ3) is 6.71. The lowest BCUT2D eigenvalue weighted by atomic mass is 10.1. The molecule has 1 unspecified atom stereocenters. The second-order valence-corrected chi connectivity index (χ2v) is 6.84. The Bertz CT molecular complexity index is 481. The lowest BCUT2D eigenvalue weighted by molar-refractivity contribution is -0.122. The number of nitrogens with one attached hydrogen (secondary N) is 1. The molecule has 4 nitrogen and oxygen atoms in total. The number of likely N-dealkylation sites (tertiary alicyclic amines) is 1. The summed E-state index contributed by atoms with van der Waals surface area (Å²) in [5.74, 6) is 0.866. The zero-order valence-electron chi connectivity index (χ0n) is 13.8. The minimum Gasteiger partial charge on any atom is -0.351 e. The van der Waals surface area contributed by atoms with Crippen molar-refractivity contribution in [3.8, 4) is 0 Å². The number of nitrogens with zero attached hydrogens (tertiary/aromatic N) is 1. The van der Waals surface area contributed by atoms with Crippen LogP contribution in [0.2, 0.25) is 0 Å². The molecule has 1 aromatic rings. The van der Waals surface area contributed by atoms with E-state index in [1.165, 1.54) is 37.1 Å². The summed E-state index contributed by atoms with van der Waals surface area (Å²) in [4.78, 5) is 14.5. The van der Waals surface area contributed by atoms with Crippen LogP contribution >= 0.6 is 24.2 Å². The van der Waals surface area contributed by atoms with Gasteiger partial charge in [-0.05, 0) is 55.5 Å². The van der Waals surface area contributed by atoms with Gasteiger partial charge in [-0.2, -0.15) is 11.8 Å². The molecule has 0 spiro atoms. The fourth-order valence-corrected chi connectivity index (χ4v) is 3.24. The SMILES string of the molecule is CSCCC(N)C(=O)NCc1ccccc1CN1CCCC1.Cl. The highest BCUT2D eigenvalue weighted by Crippen LogP contribution is 2.16. The Hall–Kier alpha value is -0.750. The van der Waals surface area contributed by atoms with E-state index in [0.29, 0.717) is 6.54 Å². The summed E-state index contributed by atoms with van der Waals surface area (Å²) in [6.45, 7) is 3.90. The van der Waals surface area contributed by atoms with E-state index >= 15 is 0 Å². The van der Waals surface area contributed by atoms with Gasteiger partial charge in [0.25, 0.3) is 0 Å². The number of carbonyl (C=O) groups excluding carboxylic acids is 1. The molecule has 0 aromatic heterocycles. The third-order valence-electron chi connectivity index (χ3n) is 4.13. The van der Waals surface area contributed by atoms with Gasteiger partial charge in [0.1, 0.15) is 0 Å². The van der Waals surface area contributed by atoms with Crippen molar-refractivity contribution in [2.75, 3.05) is 25.1 Å². The molecule has 1 aliphatic rings. The summed E-state index contributed by atoms with van der Waals surface area (Å²) in [6, 6.07) is 7.95. The van der Waals surface area contributed by atoms with E-state index in [1.54, 1.807) is 11.8 Å². The van der Waals surface area contributed by atoms with E-state index < -0.39 is 6.04 Å². The molecule has 130 valence electrons. The van der Waals surface area contributed by atoms with Crippen LogP contribution in [0.5, 0.6) is 0 Å². The van der Waals surface area contributed by atoms with Crippen LogP contribution in [-0.4, -0.2) is 41.9 Å². The molecule has 0 radical (unpaired) electrons. The first-order chi connectivity index (χ1) is 10.7. The standard InChI is InChI=1S/C17H27N3OS.ClH/c1-22-11-8-16(18)17(21)19-12-14-6-2-3-7-15(14)13-20-9-4-5-10-20;/h2-3,6-7,16H,4-5,8-13,18H2,1H3,(H,19,21);1H. The Balaban J connectivity index is 0.00000264. The third-order valence-corrected chi connectivity index (χ3v) is 4.78. The molecule has 23 heavy (non-hydrogen) atoms. The number of halogens is 1. The summed E-state index contributed by atoms with van der Waals surface area (Å²) in [5, 5.41) is 2.98. The molecular weight excluding hydrogens is 330 g/mol. The second-order valence-electron chi connectivity index (χ2n) is 5.86. The number of hydrogen-bond donors (Lipinski definition) is 2. The van der Waals surface area contributed by atoms with Gasteiger partial charge in [-0.1, -0.05) is 24.3 Å². The monoisotopic (exact) mass is 357 g/mol. The van der Waals surface area contributed by atoms with Gasteiger partial charge in [0.05, 0.1) is 6.04 Å². The molecule has 1 fully saturated rings. The zero-order chi connectivity index (χ0) is 15.8. The Labute approximate surface area is 150 Å². The van der Waals surface area contributed by atoms with Crippen molar-refractivity contribution < 1.29 is 4.79 Å². The minimum absolute atomic E-state index is 0. The molecule has 1 heterocycles. The highest BCUT2D eigenvalue weighted by atomic mass is 35.5. The van der Waals surface area contributed by atoms with E-state index in [4.69, 9.17) is 5.73 Å². The van der Waals surface area contributed by atoms with E-state index in [0.717, 1.165) is 18.7 Å². The smallest absolute Gasteiger partial charge is 0.237 e. The highest BCUT2D eigenvalue weighted by Gasteiger charge is 2.15. The number of carbonyl (C=O) groups is 1. The first-order valence-electron chi connectivity index (χ1n) is 8.02. The quantitative estimate of drug-likeness (QED) is 0.750. The van der Waals surface area contributed by atoms with Crippen molar-refractivity contribution in [1.29, 1.82) is 0 Å². The van der Waals surface area contributed by atoms with Crippen LogP contribution < -0.4 is 11.1 Å². The normalized spacial score (nSPS) is 15.9. The molecular formula is C17H28ClN3OS. The average molecular weight is 358 g/mol. The van der Waals surface area contributed by atoms with Gasteiger partial charge in [0.15, 0.2) is 0 Å². The van der Waals surface area contributed by atoms with E-state index in [-0.39, 0.29) is 18.3 Å². The van der Waals surface area contributed by atoms with Crippen LogP contribution in [-0.2, 0) is 17.9 Å². The maximum absolute atomic E-state index is 12.0. The fourth-order valence-electron chi connectivity index (χ4n) is 2.76. The van der Waals surface area contributed by atoms with Crippen molar-refractivity contribution in [2.45, 2.75) is 38.4 Å².